The van der Waals surface area contributed by atoms with Crippen LogP contribution in [0.1, 0.15) is 38.2 Å². The van der Waals surface area contributed by atoms with Crippen molar-refractivity contribution < 1.29 is 14.4 Å². The number of nitrogens with zero attached hydrogens (tertiary/aromatic N) is 2. The van der Waals surface area contributed by atoms with Crippen molar-refractivity contribution in [2.45, 2.75) is 51.2 Å². The van der Waals surface area contributed by atoms with Crippen molar-refractivity contribution in [3.05, 3.63) is 35.9 Å². The Bertz CT molecular complexity index is 624. The molecule has 1 saturated carbocycles. The van der Waals surface area contributed by atoms with Gasteiger partial charge in [0.25, 0.3) is 0 Å². The molecule has 0 unspecified atom stereocenters. The fourth-order valence-electron chi connectivity index (χ4n) is 4.36. The van der Waals surface area contributed by atoms with Crippen LogP contribution in [-0.4, -0.2) is 54.4 Å². The van der Waals surface area contributed by atoms with Gasteiger partial charge in [0.2, 0.25) is 0 Å². The molecule has 1 heterocycles. The van der Waals surface area contributed by atoms with Crippen molar-refractivity contribution in [3.63, 3.8) is 0 Å². The van der Waals surface area contributed by atoms with Crippen LogP contribution in [0.2, 0.25) is 0 Å². The Balaban J connectivity index is 1.45. The molecule has 1 saturated heterocycles. The summed E-state index contributed by atoms with van der Waals surface area (Å²) >= 11 is 0. The third-order valence-electron chi connectivity index (χ3n) is 6.13. The predicted molar refractivity (Wildman–Crippen MR) is 104 cm³/mol. The Kier molecular flexibility index (Phi) is 6.85. The van der Waals surface area contributed by atoms with Gasteiger partial charge < -0.3 is 14.5 Å². The first-order valence-corrected chi connectivity index (χ1v) is 9.97. The molecule has 1 aromatic carbocycles. The van der Waals surface area contributed by atoms with E-state index in [1.165, 1.54) is 12.0 Å². The minimum absolute atomic E-state index is 0.0197. The van der Waals surface area contributed by atoms with Gasteiger partial charge in [0.05, 0.1) is 0 Å². The molecule has 0 spiro atoms. The van der Waals surface area contributed by atoms with Gasteiger partial charge in [0.15, 0.2) is 0 Å². The molecule has 4 atom stereocenters. The number of nitrogens with one attached hydrogen (secondary N) is 1. The van der Waals surface area contributed by atoms with Crippen LogP contribution in [0, 0.1) is 11.8 Å². The van der Waals surface area contributed by atoms with Gasteiger partial charge in [0, 0.05) is 45.2 Å². The number of carbonyl (C=O) groups excluding carboxylic acids is 2. The summed E-state index contributed by atoms with van der Waals surface area (Å²) in [5.41, 5.74) is 4.39. The van der Waals surface area contributed by atoms with Crippen molar-refractivity contribution in [3.8, 4) is 0 Å². The lowest BCUT2D eigenvalue weighted by molar-refractivity contribution is -0.108. The van der Waals surface area contributed by atoms with E-state index >= 15 is 0 Å². The lowest BCUT2D eigenvalue weighted by Gasteiger charge is -2.26. The molecule has 1 N–H and O–H groups in total. The molecule has 2 fully saturated rings. The van der Waals surface area contributed by atoms with E-state index < -0.39 is 0 Å². The summed E-state index contributed by atoms with van der Waals surface area (Å²) < 4.78 is 0. The van der Waals surface area contributed by atoms with Crippen molar-refractivity contribution in [2.75, 3.05) is 20.1 Å². The fraction of sp³-hybridized carbons (Fsp3) is 0.619. The molecule has 1 aromatic rings. The van der Waals surface area contributed by atoms with E-state index in [4.69, 9.17) is 4.84 Å². The maximum Gasteiger partial charge on any atom is 0.428 e. The maximum absolute atomic E-state index is 12.2. The Hall–Kier alpha value is -1.92. The zero-order chi connectivity index (χ0) is 19.2. The van der Waals surface area contributed by atoms with E-state index in [0.29, 0.717) is 24.7 Å². The smallest absolute Gasteiger partial charge is 0.353 e. The normalized spacial score (nSPS) is 25.8. The topological polar surface area (TPSA) is 61.9 Å². The Labute approximate surface area is 161 Å². The lowest BCUT2D eigenvalue weighted by atomic mass is 9.98. The van der Waals surface area contributed by atoms with Crippen molar-refractivity contribution in [1.82, 2.24) is 15.3 Å². The van der Waals surface area contributed by atoms with Crippen LogP contribution >= 0.6 is 0 Å². The Morgan fingerprint density at radius 2 is 2.11 bits per heavy atom. The van der Waals surface area contributed by atoms with E-state index in [-0.39, 0.29) is 18.2 Å². The van der Waals surface area contributed by atoms with Gasteiger partial charge in [-0.1, -0.05) is 30.3 Å². The highest BCUT2D eigenvalue weighted by molar-refractivity contribution is 5.67. The first-order chi connectivity index (χ1) is 13.1. The fourth-order valence-corrected chi connectivity index (χ4v) is 4.36. The molecule has 3 rings (SSSR count). The number of aldehydes is 1. The van der Waals surface area contributed by atoms with Gasteiger partial charge >= 0.3 is 6.09 Å². The maximum atomic E-state index is 12.2. The van der Waals surface area contributed by atoms with Crippen LogP contribution in [0.5, 0.6) is 0 Å². The molecule has 0 bridgehead atoms. The van der Waals surface area contributed by atoms with Gasteiger partial charge in [-0.3, -0.25) is 4.90 Å². The summed E-state index contributed by atoms with van der Waals surface area (Å²) in [5, 5.41) is 0. The number of hydroxylamine groups is 1. The largest absolute Gasteiger partial charge is 0.428 e. The van der Waals surface area contributed by atoms with Crippen molar-refractivity contribution >= 4 is 12.4 Å². The van der Waals surface area contributed by atoms with Crippen molar-refractivity contribution in [2.24, 2.45) is 11.8 Å². The van der Waals surface area contributed by atoms with Gasteiger partial charge in [-0.15, -0.1) is 5.48 Å². The van der Waals surface area contributed by atoms with Crippen LogP contribution in [0.4, 0.5) is 4.79 Å². The number of likely N-dealkylation sites (tertiary alicyclic amines) is 1. The first kappa shape index (κ1) is 19.8. The van der Waals surface area contributed by atoms with Crippen LogP contribution in [0.3, 0.4) is 0 Å². The van der Waals surface area contributed by atoms with Gasteiger partial charge in [0.1, 0.15) is 6.29 Å². The predicted octanol–water partition coefficient (Wildman–Crippen LogP) is 2.84. The lowest BCUT2D eigenvalue weighted by Crippen LogP contribution is -2.43. The molecule has 0 radical (unpaired) electrons. The second kappa shape index (κ2) is 9.33. The van der Waals surface area contributed by atoms with Crippen LogP contribution in [0.15, 0.2) is 30.3 Å². The summed E-state index contributed by atoms with van der Waals surface area (Å²) in [6.07, 6.45) is 3.83. The average molecular weight is 373 g/mol. The molecular weight excluding hydrogens is 342 g/mol. The van der Waals surface area contributed by atoms with Crippen LogP contribution in [-0.2, 0) is 16.2 Å². The van der Waals surface area contributed by atoms with Crippen LogP contribution < -0.4 is 5.48 Å². The van der Waals surface area contributed by atoms with E-state index in [0.717, 1.165) is 32.3 Å². The highest BCUT2D eigenvalue weighted by Gasteiger charge is 2.43. The third kappa shape index (κ3) is 5.08. The molecule has 6 heteroatoms. The summed E-state index contributed by atoms with van der Waals surface area (Å²) in [7, 11) is 1.72. The quantitative estimate of drug-likeness (QED) is 0.561. The molecule has 1 aliphatic heterocycles. The summed E-state index contributed by atoms with van der Waals surface area (Å²) in [5.74, 6) is 1.20. The Morgan fingerprint density at radius 1 is 1.33 bits per heavy atom. The number of hydrogen-bond donors (Lipinski definition) is 1. The summed E-state index contributed by atoms with van der Waals surface area (Å²) in [4.78, 5) is 32.2. The molecule has 1 amide bonds. The molecule has 0 aromatic heterocycles. The third-order valence-corrected chi connectivity index (χ3v) is 6.13. The molecule has 2 aliphatic rings. The number of rotatable bonds is 8. The van der Waals surface area contributed by atoms with E-state index in [9.17, 15) is 9.59 Å². The SMILES string of the molecule is C[C@@H](CCC=O)N(C)C(=O)ON[C@@H]1CC[C@H]2CN(Cc3ccccc3)C[C@H]21. The zero-order valence-corrected chi connectivity index (χ0v) is 16.3. The van der Waals surface area contributed by atoms with Crippen molar-refractivity contribution in [1.29, 1.82) is 0 Å². The number of benzene rings is 1. The summed E-state index contributed by atoms with van der Waals surface area (Å²) in [6.45, 7) is 5.07. The monoisotopic (exact) mass is 373 g/mol. The zero-order valence-electron chi connectivity index (χ0n) is 16.3. The second-order valence-electron chi connectivity index (χ2n) is 7.98. The standard InChI is InChI=1S/C21H31N3O3/c1-16(7-6-12-25)23(2)21(26)27-22-20-11-10-18-14-24(15-19(18)20)13-17-8-4-3-5-9-17/h3-5,8-9,12,16,18-20,22H,6-7,10-11,13-15H2,1-2H3/t16-,18-,19+,20+/m0/s1. The Morgan fingerprint density at radius 3 is 2.85 bits per heavy atom. The molecule has 6 nitrogen and oxygen atoms in total. The number of carbonyl (C=O) groups is 2. The highest BCUT2D eigenvalue weighted by Crippen LogP contribution is 2.38. The van der Waals surface area contributed by atoms with Gasteiger partial charge in [-0.05, 0) is 43.6 Å². The van der Waals surface area contributed by atoms with E-state index in [1.54, 1.807) is 11.9 Å². The van der Waals surface area contributed by atoms with Crippen LogP contribution in [0.25, 0.3) is 0 Å². The van der Waals surface area contributed by atoms with Gasteiger partial charge in [-0.2, -0.15) is 0 Å². The molecule has 1 aliphatic carbocycles. The number of amides is 1. The second-order valence-corrected chi connectivity index (χ2v) is 7.98. The minimum Gasteiger partial charge on any atom is -0.353 e. The average Bonchev–Trinajstić information content (AvgIpc) is 3.24. The number of fused-ring (bicyclic) bond motifs is 1. The van der Waals surface area contributed by atoms with E-state index in [2.05, 4.69) is 34.6 Å². The highest BCUT2D eigenvalue weighted by atomic mass is 16.7. The minimum atomic E-state index is -0.379. The van der Waals surface area contributed by atoms with Gasteiger partial charge in [-0.25, -0.2) is 4.79 Å². The first-order valence-electron chi connectivity index (χ1n) is 9.97. The molecular formula is C21H31N3O3. The number of hydrogen-bond acceptors (Lipinski definition) is 5. The molecule has 27 heavy (non-hydrogen) atoms. The van der Waals surface area contributed by atoms with E-state index in [1.807, 2.05) is 13.0 Å². The molecule has 148 valence electrons. The summed E-state index contributed by atoms with van der Waals surface area (Å²) in [6, 6.07) is 10.8.